The number of para-hydroxylation sites is 1. The number of rotatable bonds is 6. The van der Waals surface area contributed by atoms with Gasteiger partial charge in [0.15, 0.2) is 0 Å². The van der Waals surface area contributed by atoms with Crippen LogP contribution in [0.25, 0.3) is 0 Å². The molecule has 0 spiro atoms. The number of nitrogens with zero attached hydrogens (tertiary/aromatic N) is 1. The Morgan fingerprint density at radius 2 is 1.83 bits per heavy atom. The number of hydrogen-bond acceptors (Lipinski definition) is 5. The van der Waals surface area contributed by atoms with Crippen molar-refractivity contribution in [3.63, 3.8) is 0 Å². The first kappa shape index (κ1) is 23.6. The van der Waals surface area contributed by atoms with E-state index in [1.54, 1.807) is 7.11 Å². The average molecular weight is 491 g/mol. The number of likely N-dealkylation sites (tertiary alicyclic amines) is 1. The monoisotopic (exact) mass is 490 g/mol. The largest absolute Gasteiger partial charge is 0.497 e. The number of methoxy groups -OCH3 is 1. The Balaban J connectivity index is 1.18. The first-order valence-electron chi connectivity index (χ1n) is 13.6. The number of fused-ring (bicyclic) bond motifs is 3. The predicted molar refractivity (Wildman–Crippen MR) is 141 cm³/mol. The van der Waals surface area contributed by atoms with Gasteiger partial charge < -0.3 is 25.8 Å². The predicted octanol–water partition coefficient (Wildman–Crippen LogP) is 4.96. The fourth-order valence-electron chi connectivity index (χ4n) is 6.97. The lowest BCUT2D eigenvalue weighted by atomic mass is 9.79. The van der Waals surface area contributed by atoms with Gasteiger partial charge in [0.2, 0.25) is 0 Å². The standard InChI is InChI=1S/C29H38N4O3/c1-36-20-14-12-19(13-15-20)30-29(35)32-25-9-5-3-7-22(25)28(34)33-17-16-23-26(18-10-11-18)31-24-8-4-2-6-21(24)27(23)33/h2,4,6,8,12-15,18,22-23,25-28,31,34H,3,5,7,9-11,16-17H2,1H3,(H2,30,32,35)/t22-,23+,25+,26-,27-,28?/m0/s1. The molecule has 6 rings (SSSR count). The van der Waals surface area contributed by atoms with E-state index in [1.165, 1.54) is 24.1 Å². The highest BCUT2D eigenvalue weighted by atomic mass is 16.5. The van der Waals surface area contributed by atoms with Crippen LogP contribution in [0.5, 0.6) is 5.75 Å². The van der Waals surface area contributed by atoms with Crippen molar-refractivity contribution in [2.45, 2.75) is 69.3 Å². The zero-order valence-corrected chi connectivity index (χ0v) is 21.0. The van der Waals surface area contributed by atoms with Gasteiger partial charge in [-0.25, -0.2) is 4.79 Å². The summed E-state index contributed by atoms with van der Waals surface area (Å²) in [7, 11) is 1.63. The van der Waals surface area contributed by atoms with Gasteiger partial charge in [0.25, 0.3) is 0 Å². The molecule has 6 atom stereocenters. The quantitative estimate of drug-likeness (QED) is 0.460. The molecule has 7 heteroatoms. The van der Waals surface area contributed by atoms with Crippen LogP contribution in [-0.4, -0.2) is 48.0 Å². The van der Waals surface area contributed by atoms with Crippen LogP contribution < -0.4 is 20.7 Å². The van der Waals surface area contributed by atoms with Crippen LogP contribution in [0.3, 0.4) is 0 Å². The van der Waals surface area contributed by atoms with Gasteiger partial charge in [-0.1, -0.05) is 31.0 Å². The molecule has 4 N–H and O–H groups in total. The Morgan fingerprint density at radius 1 is 1.06 bits per heavy atom. The van der Waals surface area contributed by atoms with E-state index < -0.39 is 6.23 Å². The van der Waals surface area contributed by atoms with Crippen LogP contribution in [0.2, 0.25) is 0 Å². The van der Waals surface area contributed by atoms with Crippen LogP contribution in [0.1, 0.15) is 56.6 Å². The lowest BCUT2D eigenvalue weighted by molar-refractivity contribution is -0.0717. The maximum absolute atomic E-state index is 12.9. The summed E-state index contributed by atoms with van der Waals surface area (Å²) in [6, 6.07) is 16.4. The number of carbonyl (C=O) groups is 1. The summed E-state index contributed by atoms with van der Waals surface area (Å²) in [4.78, 5) is 15.2. The van der Waals surface area contributed by atoms with Gasteiger partial charge in [-0.15, -0.1) is 0 Å². The van der Waals surface area contributed by atoms with Crippen LogP contribution in [0, 0.1) is 17.8 Å². The summed E-state index contributed by atoms with van der Waals surface area (Å²) in [6.07, 6.45) is 7.12. The second-order valence-electron chi connectivity index (χ2n) is 11.0. The summed E-state index contributed by atoms with van der Waals surface area (Å²) in [5.74, 6) is 2.05. The number of urea groups is 1. The number of aliphatic hydroxyl groups excluding tert-OH is 1. The van der Waals surface area contributed by atoms with Crippen molar-refractivity contribution in [1.29, 1.82) is 0 Å². The molecule has 2 aliphatic heterocycles. The zero-order valence-electron chi connectivity index (χ0n) is 21.0. The molecule has 36 heavy (non-hydrogen) atoms. The highest BCUT2D eigenvalue weighted by Gasteiger charge is 2.51. The van der Waals surface area contributed by atoms with Gasteiger partial charge in [0.05, 0.1) is 7.11 Å². The van der Waals surface area contributed by atoms with Crippen LogP contribution in [0.15, 0.2) is 48.5 Å². The van der Waals surface area contributed by atoms with E-state index in [-0.39, 0.29) is 24.0 Å². The maximum Gasteiger partial charge on any atom is 0.319 e. The van der Waals surface area contributed by atoms with Gasteiger partial charge in [-0.2, -0.15) is 0 Å². The van der Waals surface area contributed by atoms with Crippen LogP contribution in [0.4, 0.5) is 16.2 Å². The number of ether oxygens (including phenoxy) is 1. The molecule has 2 aromatic carbocycles. The molecule has 1 unspecified atom stereocenters. The Labute approximate surface area is 213 Å². The van der Waals surface area contributed by atoms with E-state index in [1.807, 2.05) is 24.3 Å². The highest BCUT2D eigenvalue weighted by molar-refractivity contribution is 5.89. The van der Waals surface area contributed by atoms with Crippen molar-refractivity contribution < 1.29 is 14.6 Å². The fourth-order valence-corrected chi connectivity index (χ4v) is 6.97. The normalized spacial score (nSPS) is 30.4. The second kappa shape index (κ2) is 9.94. The summed E-state index contributed by atoms with van der Waals surface area (Å²) >= 11 is 0. The third-order valence-corrected chi connectivity index (χ3v) is 8.88. The van der Waals surface area contributed by atoms with Crippen molar-refractivity contribution >= 4 is 17.4 Å². The van der Waals surface area contributed by atoms with Gasteiger partial charge in [0, 0.05) is 47.9 Å². The fraction of sp³-hybridized carbons (Fsp3) is 0.552. The third-order valence-electron chi connectivity index (χ3n) is 8.88. The zero-order chi connectivity index (χ0) is 24.6. The van der Waals surface area contributed by atoms with Gasteiger partial charge >= 0.3 is 6.03 Å². The summed E-state index contributed by atoms with van der Waals surface area (Å²) in [6.45, 7) is 0.900. The topological polar surface area (TPSA) is 85.9 Å². The van der Waals surface area contributed by atoms with Crippen molar-refractivity contribution in [3.8, 4) is 5.75 Å². The third kappa shape index (κ3) is 4.55. The Morgan fingerprint density at radius 3 is 2.61 bits per heavy atom. The van der Waals surface area contributed by atoms with E-state index in [0.29, 0.717) is 12.0 Å². The minimum absolute atomic E-state index is 0.0144. The molecule has 0 radical (unpaired) electrons. The van der Waals surface area contributed by atoms with Crippen molar-refractivity contribution in [2.24, 2.45) is 17.8 Å². The number of benzene rings is 2. The first-order chi connectivity index (χ1) is 17.6. The molecule has 2 saturated carbocycles. The van der Waals surface area contributed by atoms with E-state index in [9.17, 15) is 9.90 Å². The molecule has 0 bridgehead atoms. The maximum atomic E-state index is 12.9. The lowest BCUT2D eigenvalue weighted by Gasteiger charge is -2.45. The molecular weight excluding hydrogens is 452 g/mol. The molecule has 4 aliphatic rings. The number of hydrogen-bond donors (Lipinski definition) is 4. The number of aliphatic hydroxyl groups is 1. The molecular formula is C29H38N4O3. The van der Waals surface area contributed by atoms with E-state index in [4.69, 9.17) is 4.74 Å². The molecule has 1 saturated heterocycles. The summed E-state index contributed by atoms with van der Waals surface area (Å²) in [5.41, 5.74) is 3.27. The summed E-state index contributed by atoms with van der Waals surface area (Å²) < 4.78 is 5.20. The molecule has 7 nitrogen and oxygen atoms in total. The Kier molecular flexibility index (Phi) is 6.52. The number of nitrogens with one attached hydrogen (secondary N) is 3. The first-order valence-corrected chi connectivity index (χ1v) is 13.6. The second-order valence-corrected chi connectivity index (χ2v) is 11.0. The van der Waals surface area contributed by atoms with Gasteiger partial charge in [-0.05, 0) is 73.9 Å². The minimum atomic E-state index is -0.572. The van der Waals surface area contributed by atoms with E-state index in [0.717, 1.165) is 56.0 Å². The Hall–Kier alpha value is -2.77. The molecule has 2 heterocycles. The molecule has 2 amide bonds. The van der Waals surface area contributed by atoms with Crippen molar-refractivity contribution in [3.05, 3.63) is 54.1 Å². The number of amides is 2. The van der Waals surface area contributed by atoms with Gasteiger partial charge in [-0.3, -0.25) is 4.90 Å². The lowest BCUT2D eigenvalue weighted by Crippen LogP contribution is -2.53. The number of anilines is 2. The van der Waals surface area contributed by atoms with Crippen molar-refractivity contribution in [2.75, 3.05) is 24.3 Å². The number of carbonyl (C=O) groups excluding carboxylic acids is 1. The molecule has 2 aliphatic carbocycles. The SMILES string of the molecule is COc1ccc(NC(=O)N[C@@H]2CCCC[C@@H]2C(O)N2CC[C@@H]3[C@H](C4CC4)Nc4ccccc4[C@@H]32)cc1. The average Bonchev–Trinajstić information content (AvgIpc) is 3.66. The molecule has 3 fully saturated rings. The summed E-state index contributed by atoms with van der Waals surface area (Å²) in [5, 5.41) is 21.8. The Bertz CT molecular complexity index is 1070. The van der Waals surface area contributed by atoms with Crippen LogP contribution in [-0.2, 0) is 0 Å². The van der Waals surface area contributed by atoms with Gasteiger partial charge in [0.1, 0.15) is 12.0 Å². The molecule has 0 aromatic heterocycles. The smallest absolute Gasteiger partial charge is 0.319 e. The highest BCUT2D eigenvalue weighted by Crippen LogP contribution is 2.53. The molecule has 2 aromatic rings. The molecule has 192 valence electrons. The van der Waals surface area contributed by atoms with Crippen LogP contribution >= 0.6 is 0 Å². The van der Waals surface area contributed by atoms with E-state index >= 15 is 0 Å². The van der Waals surface area contributed by atoms with E-state index in [2.05, 4.69) is 45.1 Å². The minimum Gasteiger partial charge on any atom is -0.497 e. The van der Waals surface area contributed by atoms with Crippen molar-refractivity contribution in [1.82, 2.24) is 10.2 Å².